The molecule has 0 aliphatic rings. The minimum atomic E-state index is -4.41. The lowest BCUT2D eigenvalue weighted by Crippen LogP contribution is -2.17. The molecule has 0 atom stereocenters. The molecule has 0 radical (unpaired) electrons. The molecule has 0 unspecified atom stereocenters. The van der Waals surface area contributed by atoms with Crippen LogP contribution in [0.3, 0.4) is 0 Å². The lowest BCUT2D eigenvalue weighted by Gasteiger charge is -2.20. The van der Waals surface area contributed by atoms with Gasteiger partial charge < -0.3 is 5.11 Å². The summed E-state index contributed by atoms with van der Waals surface area (Å²) in [6.45, 7) is 2.92. The Bertz CT molecular complexity index is 366. The Morgan fingerprint density at radius 3 is 2.07 bits per heavy atom. The maximum absolute atomic E-state index is 12.3. The first-order valence-electron chi connectivity index (χ1n) is 4.22. The Hall–Kier alpha value is -0.740. The van der Waals surface area contributed by atoms with E-state index in [2.05, 4.69) is 0 Å². The van der Waals surface area contributed by atoms with Crippen LogP contribution in [0.5, 0.6) is 0 Å². The van der Waals surface area contributed by atoms with Gasteiger partial charge in [0.05, 0.1) is 11.2 Å². The zero-order valence-corrected chi connectivity index (χ0v) is 8.95. The summed E-state index contributed by atoms with van der Waals surface area (Å²) in [5, 5.41) is 9.51. The molecule has 84 valence electrons. The van der Waals surface area contributed by atoms with E-state index in [-0.39, 0.29) is 10.6 Å². The summed E-state index contributed by atoms with van der Waals surface area (Å²) in [4.78, 5) is 0. The fourth-order valence-electron chi connectivity index (χ4n) is 1.19. The molecule has 0 fully saturated rings. The molecule has 1 nitrogen and oxygen atoms in total. The van der Waals surface area contributed by atoms with E-state index in [9.17, 15) is 18.3 Å². The second kappa shape index (κ2) is 3.68. The molecule has 0 amide bonds. The van der Waals surface area contributed by atoms with Crippen LogP contribution in [0.25, 0.3) is 0 Å². The Kier molecular flexibility index (Phi) is 3.03. The highest BCUT2D eigenvalue weighted by molar-refractivity contribution is 6.31. The van der Waals surface area contributed by atoms with Crippen LogP contribution in [0, 0.1) is 0 Å². The van der Waals surface area contributed by atoms with Crippen molar-refractivity contribution in [2.45, 2.75) is 25.6 Å². The highest BCUT2D eigenvalue weighted by Gasteiger charge is 2.32. The molecule has 5 heteroatoms. The van der Waals surface area contributed by atoms with E-state index in [1.807, 2.05) is 0 Å². The fraction of sp³-hybridized carbons (Fsp3) is 0.400. The van der Waals surface area contributed by atoms with Gasteiger partial charge in [-0.1, -0.05) is 17.7 Å². The second-order valence-electron chi connectivity index (χ2n) is 3.75. The van der Waals surface area contributed by atoms with E-state index in [1.165, 1.54) is 19.9 Å². The first kappa shape index (κ1) is 12.3. The first-order chi connectivity index (χ1) is 6.62. The number of aliphatic hydroxyl groups is 1. The molecule has 0 saturated carbocycles. The van der Waals surface area contributed by atoms with Gasteiger partial charge in [-0.25, -0.2) is 0 Å². The summed E-state index contributed by atoms with van der Waals surface area (Å²) in [5.41, 5.74) is -1.79. The Morgan fingerprint density at radius 1 is 1.20 bits per heavy atom. The molecular formula is C10H10ClF3O. The van der Waals surface area contributed by atoms with Crippen LogP contribution in [0.1, 0.15) is 25.0 Å². The normalized spacial score (nSPS) is 13.0. The predicted molar refractivity (Wildman–Crippen MR) is 51.7 cm³/mol. The van der Waals surface area contributed by atoms with Crippen LogP contribution in [0.2, 0.25) is 5.02 Å². The third-order valence-electron chi connectivity index (χ3n) is 1.96. The molecule has 0 bridgehead atoms. The lowest BCUT2D eigenvalue weighted by atomic mass is 9.97. The molecular weight excluding hydrogens is 229 g/mol. The molecule has 1 N–H and O–H groups in total. The van der Waals surface area contributed by atoms with Crippen LogP contribution in [-0.4, -0.2) is 5.11 Å². The molecule has 0 heterocycles. The number of hydrogen-bond acceptors (Lipinski definition) is 1. The van der Waals surface area contributed by atoms with E-state index >= 15 is 0 Å². The Morgan fingerprint density at radius 2 is 1.73 bits per heavy atom. The van der Waals surface area contributed by atoms with Crippen LogP contribution >= 0.6 is 11.6 Å². The van der Waals surface area contributed by atoms with Crippen molar-refractivity contribution in [1.29, 1.82) is 0 Å². The molecule has 0 aliphatic carbocycles. The van der Waals surface area contributed by atoms with Gasteiger partial charge in [-0.05, 0) is 26.0 Å². The summed E-state index contributed by atoms with van der Waals surface area (Å²) in [5.74, 6) is 0. The summed E-state index contributed by atoms with van der Waals surface area (Å²) >= 11 is 5.66. The third-order valence-corrected chi connectivity index (χ3v) is 2.27. The van der Waals surface area contributed by atoms with Gasteiger partial charge in [0.25, 0.3) is 0 Å². The molecule has 0 spiro atoms. The number of halogens is 4. The van der Waals surface area contributed by atoms with Crippen LogP contribution < -0.4 is 0 Å². The highest BCUT2D eigenvalue weighted by Crippen LogP contribution is 2.35. The van der Waals surface area contributed by atoms with Gasteiger partial charge in [0.15, 0.2) is 0 Å². The number of rotatable bonds is 1. The van der Waals surface area contributed by atoms with Crippen LogP contribution in [0.4, 0.5) is 13.2 Å². The van der Waals surface area contributed by atoms with E-state index < -0.39 is 17.3 Å². The quantitative estimate of drug-likeness (QED) is 0.793. The summed E-state index contributed by atoms with van der Waals surface area (Å²) in [7, 11) is 0. The van der Waals surface area contributed by atoms with Crippen LogP contribution in [-0.2, 0) is 11.8 Å². The molecule has 1 aromatic carbocycles. The highest BCUT2D eigenvalue weighted by atomic mass is 35.5. The SMILES string of the molecule is CC(C)(O)c1ccc(C(F)(F)F)cc1Cl. The monoisotopic (exact) mass is 238 g/mol. The number of benzene rings is 1. The third kappa shape index (κ3) is 2.86. The minimum Gasteiger partial charge on any atom is -0.386 e. The molecule has 0 aliphatic heterocycles. The number of hydrogen-bond donors (Lipinski definition) is 1. The van der Waals surface area contributed by atoms with E-state index in [4.69, 9.17) is 11.6 Å². The van der Waals surface area contributed by atoms with Gasteiger partial charge in [-0.3, -0.25) is 0 Å². The van der Waals surface area contributed by atoms with Crippen molar-refractivity contribution in [3.8, 4) is 0 Å². The van der Waals surface area contributed by atoms with Crippen molar-refractivity contribution in [2.75, 3.05) is 0 Å². The number of alkyl halides is 3. The van der Waals surface area contributed by atoms with Crippen molar-refractivity contribution < 1.29 is 18.3 Å². The maximum atomic E-state index is 12.3. The Balaban J connectivity index is 3.21. The van der Waals surface area contributed by atoms with Crippen molar-refractivity contribution in [3.63, 3.8) is 0 Å². The largest absolute Gasteiger partial charge is 0.416 e. The zero-order valence-electron chi connectivity index (χ0n) is 8.19. The zero-order chi connectivity index (χ0) is 11.9. The summed E-state index contributed by atoms with van der Waals surface area (Å²) in [6, 6.07) is 2.90. The molecule has 0 saturated heterocycles. The van der Waals surface area contributed by atoms with E-state index in [1.54, 1.807) is 0 Å². The van der Waals surface area contributed by atoms with Crippen molar-refractivity contribution >= 4 is 11.6 Å². The van der Waals surface area contributed by atoms with Gasteiger partial charge in [-0.15, -0.1) is 0 Å². The maximum Gasteiger partial charge on any atom is 0.416 e. The topological polar surface area (TPSA) is 20.2 Å². The van der Waals surface area contributed by atoms with Crippen molar-refractivity contribution in [3.05, 3.63) is 34.3 Å². The van der Waals surface area contributed by atoms with Gasteiger partial charge in [0, 0.05) is 10.6 Å². The molecule has 15 heavy (non-hydrogen) atoms. The molecule has 1 rings (SSSR count). The van der Waals surface area contributed by atoms with E-state index in [0.29, 0.717) is 0 Å². The van der Waals surface area contributed by atoms with Crippen LogP contribution in [0.15, 0.2) is 18.2 Å². The average Bonchev–Trinajstić information content (AvgIpc) is 1.99. The standard InChI is InChI=1S/C10H10ClF3O/c1-9(2,15)7-4-3-6(5-8(7)11)10(12,13)14/h3-5,15H,1-2H3. The van der Waals surface area contributed by atoms with Gasteiger partial charge in [0.2, 0.25) is 0 Å². The first-order valence-corrected chi connectivity index (χ1v) is 4.60. The predicted octanol–water partition coefficient (Wildman–Crippen LogP) is 3.59. The van der Waals surface area contributed by atoms with Crippen molar-refractivity contribution in [2.24, 2.45) is 0 Å². The van der Waals surface area contributed by atoms with Gasteiger partial charge >= 0.3 is 6.18 Å². The second-order valence-corrected chi connectivity index (χ2v) is 4.16. The summed E-state index contributed by atoms with van der Waals surface area (Å²) < 4.78 is 36.8. The van der Waals surface area contributed by atoms with Crippen molar-refractivity contribution in [1.82, 2.24) is 0 Å². The average molecular weight is 239 g/mol. The minimum absolute atomic E-state index is 0.0858. The smallest absolute Gasteiger partial charge is 0.386 e. The summed E-state index contributed by atoms with van der Waals surface area (Å²) in [6.07, 6.45) is -4.41. The van der Waals surface area contributed by atoms with E-state index in [0.717, 1.165) is 12.1 Å². The van der Waals surface area contributed by atoms with Gasteiger partial charge in [0.1, 0.15) is 0 Å². The van der Waals surface area contributed by atoms with Gasteiger partial charge in [-0.2, -0.15) is 13.2 Å². The molecule has 0 aromatic heterocycles. The Labute approximate surface area is 90.5 Å². The lowest BCUT2D eigenvalue weighted by molar-refractivity contribution is -0.137. The fourth-order valence-corrected chi connectivity index (χ4v) is 1.60. The molecule has 1 aromatic rings.